The minimum Gasteiger partial charge on any atom is -0.489 e. The van der Waals surface area contributed by atoms with Crippen molar-refractivity contribution in [2.45, 2.75) is 90.6 Å². The van der Waals surface area contributed by atoms with Crippen LogP contribution in [0.25, 0.3) is 0 Å². The van der Waals surface area contributed by atoms with E-state index < -0.39 is 16.1 Å². The maximum atomic E-state index is 12.0. The fourth-order valence-corrected chi connectivity index (χ4v) is 4.36. The molecule has 4 heterocycles. The number of hydrogen-bond acceptors (Lipinski definition) is 11. The molecule has 0 spiro atoms. The van der Waals surface area contributed by atoms with Crippen molar-refractivity contribution < 1.29 is 33.5 Å². The Balaban J connectivity index is 0.000000241. The van der Waals surface area contributed by atoms with Crippen LogP contribution in [0.4, 0.5) is 21.2 Å². The maximum Gasteiger partial charge on any atom is 0.410 e. The Morgan fingerprint density at radius 2 is 1.18 bits per heavy atom. The summed E-state index contributed by atoms with van der Waals surface area (Å²) in [5.41, 5.74) is 4.57. The van der Waals surface area contributed by atoms with Gasteiger partial charge in [-0.3, -0.25) is 0 Å². The lowest BCUT2D eigenvalue weighted by molar-refractivity contribution is -0.389. The van der Waals surface area contributed by atoms with Crippen molar-refractivity contribution in [3.05, 3.63) is 46.8 Å². The zero-order valence-corrected chi connectivity index (χ0v) is 26.4. The van der Waals surface area contributed by atoms with Crippen LogP contribution in [0.3, 0.4) is 0 Å². The monoisotopic (exact) mass is 616 g/mol. The molecule has 0 unspecified atom stereocenters. The Kier molecular flexibility index (Phi) is 11.5. The lowest BCUT2D eigenvalue weighted by Gasteiger charge is -2.33. The SMILES string of the molecule is CC(C)(C)OC(=O)N1CCC(Oc2ccc(N)nc2)CC1.CC(C)(C)OC(=O)N1CCC(Oc2ccc([N+](=O)[O-])nc2)CC1. The van der Waals surface area contributed by atoms with Gasteiger partial charge in [0.1, 0.15) is 35.0 Å². The van der Waals surface area contributed by atoms with Gasteiger partial charge >= 0.3 is 18.0 Å². The molecule has 2 amide bonds. The van der Waals surface area contributed by atoms with E-state index in [1.165, 1.54) is 18.3 Å². The van der Waals surface area contributed by atoms with Gasteiger partial charge < -0.3 is 44.6 Å². The van der Waals surface area contributed by atoms with Crippen LogP contribution in [-0.2, 0) is 9.47 Å². The maximum absolute atomic E-state index is 12.0. The van der Waals surface area contributed by atoms with Crippen LogP contribution < -0.4 is 15.2 Å². The van der Waals surface area contributed by atoms with E-state index in [0.717, 1.165) is 12.8 Å². The molecule has 2 aliphatic rings. The third-order valence-electron chi connectivity index (χ3n) is 6.46. The fourth-order valence-electron chi connectivity index (χ4n) is 4.36. The number of likely N-dealkylation sites (tertiary alicyclic amines) is 2. The zero-order valence-electron chi connectivity index (χ0n) is 26.4. The Bertz CT molecular complexity index is 1230. The van der Waals surface area contributed by atoms with Crippen molar-refractivity contribution in [1.82, 2.24) is 19.8 Å². The normalized spacial score (nSPS) is 16.3. The van der Waals surface area contributed by atoms with Crippen molar-refractivity contribution in [3.8, 4) is 11.5 Å². The highest BCUT2D eigenvalue weighted by Gasteiger charge is 2.29. The predicted octanol–water partition coefficient (Wildman–Crippen LogP) is 5.21. The summed E-state index contributed by atoms with van der Waals surface area (Å²) in [6.07, 6.45) is 5.36. The molecule has 242 valence electrons. The van der Waals surface area contributed by atoms with E-state index in [0.29, 0.717) is 56.3 Å². The zero-order chi connectivity index (χ0) is 32.5. The molecule has 0 saturated carbocycles. The minimum atomic E-state index is -0.552. The molecule has 2 aromatic rings. The number of rotatable bonds is 5. The molecule has 2 saturated heterocycles. The van der Waals surface area contributed by atoms with Crippen LogP contribution in [0.2, 0.25) is 0 Å². The summed E-state index contributed by atoms with van der Waals surface area (Å²) in [6, 6.07) is 6.37. The Labute approximate surface area is 258 Å². The molecule has 2 N–H and O–H groups in total. The quantitative estimate of drug-likeness (QED) is 0.345. The predicted molar refractivity (Wildman–Crippen MR) is 162 cm³/mol. The third kappa shape index (κ3) is 11.7. The molecule has 4 rings (SSSR count). The van der Waals surface area contributed by atoms with Gasteiger partial charge in [-0.2, -0.15) is 0 Å². The van der Waals surface area contributed by atoms with Crippen molar-refractivity contribution in [3.63, 3.8) is 0 Å². The summed E-state index contributed by atoms with van der Waals surface area (Å²) in [5.74, 6) is 1.46. The van der Waals surface area contributed by atoms with Gasteiger partial charge in [0.2, 0.25) is 0 Å². The second-order valence-electron chi connectivity index (χ2n) is 12.6. The Morgan fingerprint density at radius 3 is 1.50 bits per heavy atom. The molecule has 14 heteroatoms. The van der Waals surface area contributed by atoms with Crippen molar-refractivity contribution in [2.75, 3.05) is 31.9 Å². The molecule has 0 atom stereocenters. The average Bonchev–Trinajstić information content (AvgIpc) is 2.94. The number of amides is 2. The summed E-state index contributed by atoms with van der Waals surface area (Å²) in [5, 5.41) is 10.6. The summed E-state index contributed by atoms with van der Waals surface area (Å²) in [4.78, 5) is 45.0. The van der Waals surface area contributed by atoms with E-state index in [4.69, 9.17) is 24.7 Å². The molecule has 2 aliphatic heterocycles. The van der Waals surface area contributed by atoms with Crippen LogP contribution in [-0.4, -0.2) is 86.5 Å². The number of carbonyl (C=O) groups is 2. The van der Waals surface area contributed by atoms with E-state index in [9.17, 15) is 19.7 Å². The minimum absolute atomic E-state index is 0.0445. The number of hydrogen-bond donors (Lipinski definition) is 1. The lowest BCUT2D eigenvalue weighted by atomic mass is 10.1. The highest BCUT2D eigenvalue weighted by atomic mass is 16.6. The first-order valence-electron chi connectivity index (χ1n) is 14.7. The molecule has 0 radical (unpaired) electrons. The summed E-state index contributed by atoms with van der Waals surface area (Å²) < 4.78 is 22.3. The molecule has 14 nitrogen and oxygen atoms in total. The highest BCUT2D eigenvalue weighted by Crippen LogP contribution is 2.22. The van der Waals surface area contributed by atoms with Crippen LogP contribution in [0.1, 0.15) is 67.2 Å². The molecule has 0 bridgehead atoms. The first-order valence-corrected chi connectivity index (χ1v) is 14.7. The van der Waals surface area contributed by atoms with E-state index in [1.54, 1.807) is 22.1 Å². The number of aromatic nitrogens is 2. The summed E-state index contributed by atoms with van der Waals surface area (Å²) >= 11 is 0. The molecule has 2 aromatic heterocycles. The number of nitrogens with two attached hydrogens (primary N) is 1. The van der Waals surface area contributed by atoms with Crippen LogP contribution in [0.15, 0.2) is 36.7 Å². The Morgan fingerprint density at radius 1 is 0.773 bits per heavy atom. The number of pyridine rings is 2. The van der Waals surface area contributed by atoms with Gasteiger partial charge in [0.05, 0.1) is 6.20 Å². The van der Waals surface area contributed by atoms with Crippen LogP contribution >= 0.6 is 0 Å². The van der Waals surface area contributed by atoms with E-state index in [2.05, 4.69) is 9.97 Å². The molecule has 2 fully saturated rings. The highest BCUT2D eigenvalue weighted by molar-refractivity contribution is 5.68. The van der Waals surface area contributed by atoms with Crippen molar-refractivity contribution in [1.29, 1.82) is 0 Å². The topological polar surface area (TPSA) is 172 Å². The molecular weight excluding hydrogens is 572 g/mol. The smallest absolute Gasteiger partial charge is 0.410 e. The van der Waals surface area contributed by atoms with E-state index >= 15 is 0 Å². The number of ether oxygens (including phenoxy) is 4. The van der Waals surface area contributed by atoms with Gasteiger partial charge in [-0.1, -0.05) is 0 Å². The number of nitrogen functional groups attached to an aromatic ring is 1. The number of nitrogens with zero attached hydrogens (tertiary/aromatic N) is 5. The van der Waals surface area contributed by atoms with Gasteiger partial charge in [-0.05, 0) is 69.6 Å². The third-order valence-corrected chi connectivity index (χ3v) is 6.46. The summed E-state index contributed by atoms with van der Waals surface area (Å²) in [6.45, 7) is 13.5. The van der Waals surface area contributed by atoms with Crippen LogP contribution in [0, 0.1) is 10.1 Å². The average molecular weight is 617 g/mol. The van der Waals surface area contributed by atoms with Crippen molar-refractivity contribution in [2.24, 2.45) is 0 Å². The number of carbonyl (C=O) groups excluding carboxylic acids is 2. The second kappa shape index (κ2) is 14.9. The second-order valence-corrected chi connectivity index (χ2v) is 12.6. The van der Waals surface area contributed by atoms with Crippen LogP contribution in [0.5, 0.6) is 11.5 Å². The first-order chi connectivity index (χ1) is 20.6. The fraction of sp³-hybridized carbons (Fsp3) is 0.600. The molecule has 0 aromatic carbocycles. The molecular formula is C30H44N6O8. The molecule has 44 heavy (non-hydrogen) atoms. The van der Waals surface area contributed by atoms with Crippen molar-refractivity contribution >= 4 is 23.8 Å². The first kappa shape index (κ1) is 34.1. The van der Waals surface area contributed by atoms with Gasteiger partial charge in [-0.25, -0.2) is 14.6 Å². The summed E-state index contributed by atoms with van der Waals surface area (Å²) in [7, 11) is 0. The van der Waals surface area contributed by atoms with E-state index in [1.807, 2.05) is 47.6 Å². The largest absolute Gasteiger partial charge is 0.489 e. The molecule has 0 aliphatic carbocycles. The lowest BCUT2D eigenvalue weighted by Crippen LogP contribution is -2.44. The number of piperidine rings is 2. The van der Waals surface area contributed by atoms with Gasteiger partial charge in [0, 0.05) is 57.9 Å². The number of anilines is 1. The van der Waals surface area contributed by atoms with Gasteiger partial charge in [0.25, 0.3) is 0 Å². The van der Waals surface area contributed by atoms with Gasteiger partial charge in [-0.15, -0.1) is 0 Å². The Hall–Kier alpha value is -4.36. The van der Waals surface area contributed by atoms with Gasteiger partial charge in [0.15, 0.2) is 11.9 Å². The number of nitro groups is 1. The van der Waals surface area contributed by atoms with E-state index in [-0.39, 0.29) is 30.2 Å². The standard InChI is InChI=1S/C15H21N3O5.C15H23N3O3/c1-15(2,3)23-14(19)17-8-6-11(7-9-17)22-12-4-5-13(16-10-12)18(20)21;1-15(2,3)21-14(19)18-8-6-11(7-9-18)20-12-4-5-13(16)17-10-12/h4-5,10-11H,6-9H2,1-3H3;4-5,10-11H,6-9H2,1-3H3,(H2,16,17).